The summed E-state index contributed by atoms with van der Waals surface area (Å²) in [6.45, 7) is 3.37. The highest BCUT2D eigenvalue weighted by molar-refractivity contribution is 7.12. The van der Waals surface area contributed by atoms with Crippen molar-refractivity contribution in [3.05, 3.63) is 67.9 Å². The number of thiophene rings is 1. The molecule has 10 aliphatic rings. The number of halogens is 2. The fourth-order valence-electron chi connectivity index (χ4n) is 14.2. The molecular weight excluding hydrogens is 847 g/mol. The van der Waals surface area contributed by atoms with Gasteiger partial charge in [-0.25, -0.2) is 8.78 Å². The number of carbonyl (C=O) groups excluding carboxylic acids is 4. The van der Waals surface area contributed by atoms with E-state index in [1.807, 2.05) is 12.1 Å². The van der Waals surface area contributed by atoms with Crippen molar-refractivity contribution in [2.45, 2.75) is 143 Å². The van der Waals surface area contributed by atoms with Gasteiger partial charge >= 0.3 is 11.9 Å². The highest BCUT2D eigenvalue weighted by Gasteiger charge is 2.74. The molecule has 64 heavy (non-hydrogen) atoms. The number of likely N-dealkylation sites (tertiary alicyclic amines) is 2. The van der Waals surface area contributed by atoms with Gasteiger partial charge in [-0.3, -0.25) is 29.0 Å². The van der Waals surface area contributed by atoms with Gasteiger partial charge in [0.2, 0.25) is 0 Å². The van der Waals surface area contributed by atoms with E-state index in [0.29, 0.717) is 73.8 Å². The Morgan fingerprint density at radius 2 is 1.16 bits per heavy atom. The van der Waals surface area contributed by atoms with Gasteiger partial charge in [0.05, 0.1) is 44.6 Å². The van der Waals surface area contributed by atoms with Gasteiger partial charge < -0.3 is 29.2 Å². The number of Topliss-reactive ketones (excluding diaryl/α,β-unsaturated/α-hetero) is 2. The molecule has 4 bridgehead atoms. The Hall–Kier alpha value is -4.28. The number of hydrogen-bond donors (Lipinski definition) is 2. The van der Waals surface area contributed by atoms with E-state index in [9.17, 15) is 29.4 Å². The van der Waals surface area contributed by atoms with Gasteiger partial charge in [-0.2, -0.15) is 0 Å². The summed E-state index contributed by atoms with van der Waals surface area (Å²) < 4.78 is 55.6. The van der Waals surface area contributed by atoms with Crippen molar-refractivity contribution in [2.75, 3.05) is 26.2 Å². The number of ketones is 2. The monoisotopic (exact) mass is 896 g/mol. The molecule has 8 atom stereocenters. The number of piperidine rings is 1. The minimum absolute atomic E-state index is 0.0534. The number of hydrogen-bond acceptors (Lipinski definition) is 13. The topological polar surface area (TPSA) is 152 Å². The fourth-order valence-corrected chi connectivity index (χ4v) is 15.2. The average Bonchev–Trinajstić information content (AvgIpc) is 4.18. The van der Waals surface area contributed by atoms with Gasteiger partial charge in [0.15, 0.2) is 58.4 Å². The van der Waals surface area contributed by atoms with Crippen LogP contribution in [0.4, 0.5) is 8.78 Å². The van der Waals surface area contributed by atoms with Crippen LogP contribution < -0.4 is 18.9 Å². The highest BCUT2D eigenvalue weighted by Crippen LogP contribution is 2.67. The Bertz CT molecular complexity index is 2610. The maximum Gasteiger partial charge on any atom is 0.316 e. The number of aliphatic hydroxyl groups is 2. The van der Waals surface area contributed by atoms with Gasteiger partial charge in [-0.15, -0.1) is 11.3 Å². The summed E-state index contributed by atoms with van der Waals surface area (Å²) in [6, 6.07) is 6.63. The van der Waals surface area contributed by atoms with Gasteiger partial charge in [-0.05, 0) is 119 Å². The lowest BCUT2D eigenvalue weighted by Crippen LogP contribution is -2.76. The summed E-state index contributed by atoms with van der Waals surface area (Å²) in [5.41, 5.74) is -1.03. The summed E-state index contributed by atoms with van der Waals surface area (Å²) in [5, 5.41) is 25.3. The van der Waals surface area contributed by atoms with Gasteiger partial charge in [0, 0.05) is 49.1 Å². The smallest absolute Gasteiger partial charge is 0.316 e. The molecule has 0 amide bonds. The normalized spacial score (nSPS) is 35.2. The second-order valence-electron chi connectivity index (χ2n) is 20.6. The molecule has 6 aliphatic carbocycles. The molecular formula is C49H50F2N2O10S. The maximum atomic E-state index is 15.5. The molecule has 336 valence electrons. The number of benzene rings is 2. The highest BCUT2D eigenvalue weighted by atomic mass is 32.1. The third kappa shape index (κ3) is 5.33. The Labute approximate surface area is 372 Å². The number of esters is 2. The molecule has 2 saturated heterocycles. The minimum atomic E-state index is -1.27. The van der Waals surface area contributed by atoms with Crippen LogP contribution in [0.5, 0.6) is 23.0 Å². The Morgan fingerprint density at radius 3 is 1.64 bits per heavy atom. The van der Waals surface area contributed by atoms with Gasteiger partial charge in [0.25, 0.3) is 0 Å². The summed E-state index contributed by atoms with van der Waals surface area (Å²) in [7, 11) is 0. The number of rotatable bonds is 10. The van der Waals surface area contributed by atoms with Crippen molar-refractivity contribution in [1.82, 2.24) is 9.80 Å². The molecule has 3 aromatic rings. The Morgan fingerprint density at radius 1 is 0.688 bits per heavy atom. The van der Waals surface area contributed by atoms with Crippen molar-refractivity contribution in [3.63, 3.8) is 0 Å². The molecule has 15 heteroatoms. The summed E-state index contributed by atoms with van der Waals surface area (Å²) >= 11 is 0.633. The van der Waals surface area contributed by atoms with E-state index in [1.165, 1.54) is 25.7 Å². The van der Waals surface area contributed by atoms with E-state index in [-0.39, 0.29) is 69.2 Å². The molecule has 6 fully saturated rings. The first-order chi connectivity index (χ1) is 30.8. The molecule has 2 N–H and O–H groups in total. The predicted molar refractivity (Wildman–Crippen MR) is 224 cm³/mol. The summed E-state index contributed by atoms with van der Waals surface area (Å²) in [6.07, 6.45) is 5.63. The molecule has 2 spiro atoms. The Kier molecular flexibility index (Phi) is 8.54. The zero-order valence-corrected chi connectivity index (χ0v) is 36.2. The van der Waals surface area contributed by atoms with Crippen LogP contribution >= 0.6 is 11.3 Å². The lowest BCUT2D eigenvalue weighted by Gasteiger charge is -2.62. The largest absolute Gasteiger partial charge is 0.477 e. The fraction of sp³-hybridized carbons (Fsp3) is 0.592. The van der Waals surface area contributed by atoms with Crippen LogP contribution in [0.2, 0.25) is 0 Å². The number of ether oxygens (including phenoxy) is 4. The Balaban J connectivity index is 0.738. The molecule has 1 aromatic heterocycles. The van der Waals surface area contributed by atoms with E-state index in [0.717, 1.165) is 42.7 Å². The lowest BCUT2D eigenvalue weighted by molar-refractivity contribution is -0.188. The molecule has 0 radical (unpaired) electrons. The maximum absolute atomic E-state index is 15.5. The van der Waals surface area contributed by atoms with Crippen LogP contribution in [0, 0.1) is 23.5 Å². The van der Waals surface area contributed by atoms with Crippen LogP contribution in [0.1, 0.15) is 103 Å². The van der Waals surface area contributed by atoms with Crippen molar-refractivity contribution in [1.29, 1.82) is 0 Å². The van der Waals surface area contributed by atoms with Crippen molar-refractivity contribution < 1.29 is 57.1 Å². The summed E-state index contributed by atoms with van der Waals surface area (Å²) in [4.78, 5) is 58.5. The van der Waals surface area contributed by atoms with Crippen molar-refractivity contribution in [3.8, 4) is 23.0 Å². The molecule has 4 saturated carbocycles. The predicted octanol–water partition coefficient (Wildman–Crippen LogP) is 4.98. The van der Waals surface area contributed by atoms with E-state index in [4.69, 9.17) is 18.9 Å². The lowest BCUT2D eigenvalue weighted by atomic mass is 9.49. The zero-order chi connectivity index (χ0) is 43.7. The number of carbonyl (C=O) groups is 4. The third-order valence-electron chi connectivity index (χ3n) is 17.3. The molecule has 5 heterocycles. The molecule has 12 nitrogen and oxygen atoms in total. The van der Waals surface area contributed by atoms with Crippen LogP contribution in [0.15, 0.2) is 24.3 Å². The van der Waals surface area contributed by atoms with Crippen LogP contribution in [-0.2, 0) is 55.7 Å². The average molecular weight is 897 g/mol. The van der Waals surface area contributed by atoms with Crippen molar-refractivity contribution >= 4 is 34.8 Å². The van der Waals surface area contributed by atoms with Gasteiger partial charge in [-0.1, -0.05) is 12.1 Å². The first-order valence-corrected chi connectivity index (χ1v) is 24.2. The van der Waals surface area contributed by atoms with E-state index in [1.54, 1.807) is 12.1 Å². The molecule has 2 aromatic carbocycles. The zero-order valence-electron chi connectivity index (χ0n) is 35.4. The van der Waals surface area contributed by atoms with E-state index >= 15 is 8.78 Å². The second-order valence-corrected chi connectivity index (χ2v) is 21.8. The molecule has 0 unspecified atom stereocenters. The molecule has 13 rings (SSSR count). The first kappa shape index (κ1) is 40.0. The van der Waals surface area contributed by atoms with Crippen LogP contribution in [0.3, 0.4) is 0 Å². The van der Waals surface area contributed by atoms with Crippen LogP contribution in [-0.4, -0.2) is 105 Å². The minimum Gasteiger partial charge on any atom is -0.477 e. The second kappa shape index (κ2) is 13.6. The third-order valence-corrected chi connectivity index (χ3v) is 18.4. The quantitative estimate of drug-likeness (QED) is 0.209. The van der Waals surface area contributed by atoms with Gasteiger partial charge in [0.1, 0.15) is 0 Å². The van der Waals surface area contributed by atoms with Crippen molar-refractivity contribution in [2.24, 2.45) is 11.8 Å². The van der Waals surface area contributed by atoms with E-state index in [2.05, 4.69) is 9.80 Å². The summed E-state index contributed by atoms with van der Waals surface area (Å²) in [5.74, 6) is -2.64. The van der Waals surface area contributed by atoms with E-state index < -0.39 is 70.7 Å². The standard InChI is InChI=1S/C49H50F2N2O10S/c50-40-32(20-36(56)60-30-8-6-26-18-34-48(58)13-10-28(54)44-46(48,38(26)42(30)62-44)12-1-16-52(34)22-24-2-3-24)64-33(41(40)51)21-37(57)61-31-9-7-27-19-35-49(59)14-11-29(55)45-47(49,39(27)43(31)63-45)15-17-53(35)23-25-4-5-25/h6-9,24-25,34-35,44-45,58-59H,1-5,10-23H2/t34-,35-,44+,45+,46+,47+,48-,49-/m1/s1. The SMILES string of the molecule is O=C(Cc1sc(CC(=O)Oc2ccc3c4c2O[C@H]2C(=O)CC[C@@]5(O)[C@@H](C3)N(CC3CC3)CC[C@]425)c(F)c1F)Oc1ccc2c3c1O[C@H]1C(=O)CC[C@@]4(O)[C@@H](C2)N(CC2CC2)CCC[C@]314. The molecule has 4 aliphatic heterocycles. The number of nitrogens with zero attached hydrogens (tertiary/aromatic N) is 2. The van der Waals surface area contributed by atoms with Crippen LogP contribution in [0.25, 0.3) is 0 Å². The first-order valence-electron chi connectivity index (χ1n) is 23.3.